The molecule has 0 spiro atoms. The van der Waals surface area contributed by atoms with Crippen molar-refractivity contribution in [1.29, 1.82) is 0 Å². The fourth-order valence-corrected chi connectivity index (χ4v) is 4.25. The van der Waals surface area contributed by atoms with Gasteiger partial charge in [-0.3, -0.25) is 4.79 Å². The van der Waals surface area contributed by atoms with Crippen LogP contribution in [0.15, 0.2) is 0 Å². The monoisotopic (exact) mass is 309 g/mol. The number of amides is 1. The summed E-state index contributed by atoms with van der Waals surface area (Å²) in [5.41, 5.74) is 0.445. The van der Waals surface area contributed by atoms with Crippen molar-refractivity contribution >= 4 is 5.91 Å². The van der Waals surface area contributed by atoms with E-state index in [4.69, 9.17) is 4.74 Å². The molecule has 0 radical (unpaired) electrons. The third-order valence-corrected chi connectivity index (χ3v) is 6.16. The van der Waals surface area contributed by atoms with Crippen LogP contribution in [0.3, 0.4) is 0 Å². The van der Waals surface area contributed by atoms with Crippen LogP contribution >= 0.6 is 0 Å². The molecule has 1 aliphatic carbocycles. The van der Waals surface area contributed by atoms with Crippen molar-refractivity contribution in [2.45, 2.75) is 97.8 Å². The fourth-order valence-electron chi connectivity index (χ4n) is 4.25. The van der Waals surface area contributed by atoms with Crippen LogP contribution in [0.25, 0.3) is 0 Å². The minimum atomic E-state index is 0.142. The maximum absolute atomic E-state index is 12.5. The van der Waals surface area contributed by atoms with Gasteiger partial charge in [0.05, 0.1) is 12.2 Å². The molecular formula is C19H35NO2. The summed E-state index contributed by atoms with van der Waals surface area (Å²) in [7, 11) is 0. The van der Waals surface area contributed by atoms with Gasteiger partial charge in [-0.05, 0) is 63.7 Å². The topological polar surface area (TPSA) is 38.3 Å². The van der Waals surface area contributed by atoms with Gasteiger partial charge in [-0.15, -0.1) is 0 Å². The Kier molecular flexibility index (Phi) is 5.93. The minimum Gasteiger partial charge on any atom is -0.376 e. The third kappa shape index (κ3) is 4.47. The van der Waals surface area contributed by atoms with Gasteiger partial charge in [0, 0.05) is 12.0 Å². The molecule has 2 aliphatic rings. The molecule has 2 fully saturated rings. The van der Waals surface area contributed by atoms with Crippen LogP contribution in [-0.2, 0) is 9.53 Å². The molecule has 22 heavy (non-hydrogen) atoms. The number of rotatable bonds is 4. The number of hydrogen-bond acceptors (Lipinski definition) is 2. The zero-order chi connectivity index (χ0) is 16.3. The van der Waals surface area contributed by atoms with Gasteiger partial charge in [0.15, 0.2) is 0 Å². The Morgan fingerprint density at radius 1 is 1.09 bits per heavy atom. The highest BCUT2D eigenvalue weighted by molar-refractivity contribution is 5.79. The molecule has 2 rings (SSSR count). The predicted octanol–water partition coefficient (Wildman–Crippen LogP) is 4.30. The molecule has 2 atom stereocenters. The summed E-state index contributed by atoms with van der Waals surface area (Å²) in [4.78, 5) is 12.5. The Hall–Kier alpha value is -0.570. The molecule has 1 aliphatic heterocycles. The second-order valence-electron chi connectivity index (χ2n) is 8.32. The van der Waals surface area contributed by atoms with Crippen molar-refractivity contribution in [1.82, 2.24) is 5.32 Å². The van der Waals surface area contributed by atoms with Gasteiger partial charge in [0.2, 0.25) is 5.91 Å². The molecule has 1 N–H and O–H groups in total. The average molecular weight is 309 g/mol. The first kappa shape index (κ1) is 17.8. The van der Waals surface area contributed by atoms with Crippen LogP contribution in [0.4, 0.5) is 0 Å². The lowest BCUT2D eigenvalue weighted by Crippen LogP contribution is -2.45. The van der Waals surface area contributed by atoms with Crippen LogP contribution in [0.1, 0.15) is 79.6 Å². The largest absolute Gasteiger partial charge is 0.376 e. The summed E-state index contributed by atoms with van der Waals surface area (Å²) < 4.78 is 5.74. The van der Waals surface area contributed by atoms with Crippen molar-refractivity contribution in [2.24, 2.45) is 17.3 Å². The Labute approximate surface area is 136 Å². The Morgan fingerprint density at radius 2 is 1.64 bits per heavy atom. The van der Waals surface area contributed by atoms with Crippen LogP contribution in [0, 0.1) is 17.3 Å². The van der Waals surface area contributed by atoms with E-state index >= 15 is 0 Å². The molecule has 0 unspecified atom stereocenters. The number of carbonyl (C=O) groups is 1. The van der Waals surface area contributed by atoms with E-state index in [-0.39, 0.29) is 24.0 Å². The lowest BCUT2D eigenvalue weighted by atomic mass is 9.69. The summed E-state index contributed by atoms with van der Waals surface area (Å²) >= 11 is 0. The molecule has 1 saturated heterocycles. The molecular weight excluding hydrogens is 274 g/mol. The smallest absolute Gasteiger partial charge is 0.223 e. The van der Waals surface area contributed by atoms with Gasteiger partial charge < -0.3 is 10.1 Å². The van der Waals surface area contributed by atoms with Gasteiger partial charge in [-0.2, -0.15) is 0 Å². The molecule has 1 heterocycles. The first-order chi connectivity index (χ1) is 10.3. The summed E-state index contributed by atoms with van der Waals surface area (Å²) in [5, 5.41) is 3.33. The molecule has 3 heteroatoms. The van der Waals surface area contributed by atoms with Crippen molar-refractivity contribution in [3.8, 4) is 0 Å². The zero-order valence-corrected chi connectivity index (χ0v) is 15.2. The highest BCUT2D eigenvalue weighted by Crippen LogP contribution is 2.40. The Bertz CT molecular complexity index is 362. The second-order valence-corrected chi connectivity index (χ2v) is 8.32. The van der Waals surface area contributed by atoms with Crippen LogP contribution < -0.4 is 5.32 Å². The first-order valence-electron chi connectivity index (χ1n) is 9.27. The molecule has 1 amide bonds. The average Bonchev–Trinajstić information content (AvgIpc) is 2.46. The molecule has 1 saturated carbocycles. The van der Waals surface area contributed by atoms with E-state index < -0.39 is 0 Å². The summed E-state index contributed by atoms with van der Waals surface area (Å²) in [6.45, 7) is 11.2. The Morgan fingerprint density at radius 3 is 2.14 bits per heavy atom. The van der Waals surface area contributed by atoms with E-state index in [1.807, 2.05) is 0 Å². The maximum Gasteiger partial charge on any atom is 0.223 e. The number of ether oxygens (including phenoxy) is 1. The standard InChI is InChI=1S/C19H35NO2/c1-6-19(4,5)16-7-9-17(10-8-16)20-18(21)15-11-13(2)22-14(3)12-15/h13-17H,6-12H2,1-5H3,(H,20,21)/t13-,14-,16?,17?/m0/s1. The van der Waals surface area contributed by atoms with Crippen molar-refractivity contribution < 1.29 is 9.53 Å². The predicted molar refractivity (Wildman–Crippen MR) is 90.7 cm³/mol. The fraction of sp³-hybridized carbons (Fsp3) is 0.947. The number of carbonyl (C=O) groups excluding carboxylic acids is 1. The normalized spacial score (nSPS) is 36.9. The van der Waals surface area contributed by atoms with Crippen LogP contribution in [-0.4, -0.2) is 24.2 Å². The van der Waals surface area contributed by atoms with Gasteiger partial charge in [0.1, 0.15) is 0 Å². The lowest BCUT2D eigenvalue weighted by Gasteiger charge is -2.39. The Balaban J connectivity index is 1.79. The number of hydrogen-bond donors (Lipinski definition) is 1. The first-order valence-corrected chi connectivity index (χ1v) is 9.27. The molecule has 0 aromatic carbocycles. The van der Waals surface area contributed by atoms with Gasteiger partial charge >= 0.3 is 0 Å². The molecule has 0 aromatic heterocycles. The van der Waals surface area contributed by atoms with Crippen LogP contribution in [0.5, 0.6) is 0 Å². The quantitative estimate of drug-likeness (QED) is 0.840. The van der Waals surface area contributed by atoms with Gasteiger partial charge in [-0.25, -0.2) is 0 Å². The van der Waals surface area contributed by atoms with Crippen molar-refractivity contribution in [2.75, 3.05) is 0 Å². The van der Waals surface area contributed by atoms with Crippen LogP contribution in [0.2, 0.25) is 0 Å². The van der Waals surface area contributed by atoms with Crippen molar-refractivity contribution in [3.05, 3.63) is 0 Å². The molecule has 0 bridgehead atoms. The van der Waals surface area contributed by atoms with E-state index in [0.717, 1.165) is 31.6 Å². The molecule has 0 aromatic rings. The van der Waals surface area contributed by atoms with E-state index in [9.17, 15) is 4.79 Å². The van der Waals surface area contributed by atoms with E-state index in [2.05, 4.69) is 39.9 Å². The summed E-state index contributed by atoms with van der Waals surface area (Å²) in [5.74, 6) is 1.22. The summed E-state index contributed by atoms with van der Waals surface area (Å²) in [6, 6.07) is 0.393. The summed E-state index contributed by atoms with van der Waals surface area (Å²) in [6.07, 6.45) is 8.21. The van der Waals surface area contributed by atoms with Gasteiger partial charge in [0.25, 0.3) is 0 Å². The SMILES string of the molecule is CCC(C)(C)C1CCC(NC(=O)C2C[C@H](C)O[C@@H](C)C2)CC1. The highest BCUT2D eigenvalue weighted by Gasteiger charge is 2.34. The van der Waals surface area contributed by atoms with E-state index in [0.29, 0.717) is 11.5 Å². The molecule has 3 nitrogen and oxygen atoms in total. The van der Waals surface area contributed by atoms with Gasteiger partial charge in [-0.1, -0.05) is 27.2 Å². The highest BCUT2D eigenvalue weighted by atomic mass is 16.5. The number of nitrogens with one attached hydrogen (secondary N) is 1. The second kappa shape index (κ2) is 7.33. The molecule has 128 valence electrons. The minimum absolute atomic E-state index is 0.142. The van der Waals surface area contributed by atoms with Crippen molar-refractivity contribution in [3.63, 3.8) is 0 Å². The lowest BCUT2D eigenvalue weighted by molar-refractivity contribution is -0.134. The third-order valence-electron chi connectivity index (χ3n) is 6.16. The van der Waals surface area contributed by atoms with E-state index in [1.165, 1.54) is 19.3 Å². The maximum atomic E-state index is 12.5. The van der Waals surface area contributed by atoms with E-state index in [1.54, 1.807) is 0 Å². The zero-order valence-electron chi connectivity index (χ0n) is 15.2.